The van der Waals surface area contributed by atoms with Gasteiger partial charge >= 0.3 is 0 Å². The van der Waals surface area contributed by atoms with E-state index in [1.54, 1.807) is 6.07 Å². The van der Waals surface area contributed by atoms with Crippen molar-refractivity contribution < 1.29 is 4.52 Å². The van der Waals surface area contributed by atoms with Crippen LogP contribution < -0.4 is 10.6 Å². The number of anilines is 2. The third-order valence-corrected chi connectivity index (χ3v) is 2.95. The van der Waals surface area contributed by atoms with Gasteiger partial charge in [0.1, 0.15) is 5.69 Å². The molecule has 0 bridgehead atoms. The Morgan fingerprint density at radius 3 is 2.41 bits per heavy atom. The minimum Gasteiger partial charge on any atom is -0.377 e. The quantitative estimate of drug-likeness (QED) is 0.863. The van der Waals surface area contributed by atoms with Gasteiger partial charge in [-0.2, -0.15) is 0 Å². The van der Waals surface area contributed by atoms with Gasteiger partial charge in [0.05, 0.1) is 0 Å². The number of rotatable bonds is 2. The van der Waals surface area contributed by atoms with Gasteiger partial charge < -0.3 is 15.2 Å². The predicted molar refractivity (Wildman–Crippen MR) is 70.2 cm³/mol. The Hall–Kier alpha value is -1.97. The molecule has 0 saturated carbocycles. The fraction of sp³-hybridized carbons (Fsp3) is 0.308. The number of hydrogen-bond acceptors (Lipinski definition) is 4. The zero-order valence-electron chi connectivity index (χ0n) is 10.6. The number of hydrogen-bond donors (Lipinski definition) is 1. The van der Waals surface area contributed by atoms with Crippen LogP contribution in [0.4, 0.5) is 11.6 Å². The Morgan fingerprint density at radius 1 is 1.18 bits per heavy atom. The smallest absolute Gasteiger partial charge is 0.222 e. The number of benzene rings is 1. The van der Waals surface area contributed by atoms with Crippen molar-refractivity contribution >= 4 is 11.6 Å². The van der Waals surface area contributed by atoms with Crippen LogP contribution in [0.2, 0.25) is 0 Å². The van der Waals surface area contributed by atoms with Gasteiger partial charge in [-0.15, -0.1) is 0 Å². The highest BCUT2D eigenvalue weighted by Gasteiger charge is 2.10. The maximum absolute atomic E-state index is 5.54. The second-order valence-electron chi connectivity index (χ2n) is 4.45. The molecule has 4 nitrogen and oxygen atoms in total. The molecule has 2 rings (SSSR count). The van der Waals surface area contributed by atoms with E-state index in [4.69, 9.17) is 10.3 Å². The molecule has 90 valence electrons. The van der Waals surface area contributed by atoms with E-state index in [0.29, 0.717) is 5.88 Å². The number of nitrogens with zero attached hydrogens (tertiary/aromatic N) is 2. The van der Waals surface area contributed by atoms with E-state index in [1.165, 1.54) is 16.8 Å². The van der Waals surface area contributed by atoms with Crippen molar-refractivity contribution in [1.82, 2.24) is 5.16 Å². The summed E-state index contributed by atoms with van der Waals surface area (Å²) in [6, 6.07) is 5.93. The van der Waals surface area contributed by atoms with Crippen molar-refractivity contribution in [2.24, 2.45) is 0 Å². The molecule has 1 aromatic carbocycles. The van der Waals surface area contributed by atoms with E-state index in [2.05, 4.69) is 36.0 Å². The maximum atomic E-state index is 5.54. The van der Waals surface area contributed by atoms with Crippen LogP contribution >= 0.6 is 0 Å². The number of aryl methyl sites for hydroxylation is 1. The maximum Gasteiger partial charge on any atom is 0.222 e. The highest BCUT2D eigenvalue weighted by molar-refractivity contribution is 5.70. The van der Waals surface area contributed by atoms with Gasteiger partial charge in [0.25, 0.3) is 0 Å². The monoisotopic (exact) mass is 231 g/mol. The first-order chi connectivity index (χ1) is 7.99. The van der Waals surface area contributed by atoms with Crippen molar-refractivity contribution in [2.45, 2.75) is 13.8 Å². The second kappa shape index (κ2) is 4.13. The molecule has 2 aromatic rings. The summed E-state index contributed by atoms with van der Waals surface area (Å²) < 4.78 is 4.90. The van der Waals surface area contributed by atoms with Gasteiger partial charge in [0.15, 0.2) is 0 Å². The highest BCUT2D eigenvalue weighted by atomic mass is 16.5. The molecule has 4 heteroatoms. The summed E-state index contributed by atoms with van der Waals surface area (Å²) in [4.78, 5) is 2.09. The lowest BCUT2D eigenvalue weighted by molar-refractivity contribution is 0.439. The Balaban J connectivity index is 2.56. The van der Waals surface area contributed by atoms with Crippen molar-refractivity contribution in [1.29, 1.82) is 0 Å². The van der Waals surface area contributed by atoms with Crippen LogP contribution in [-0.4, -0.2) is 19.3 Å². The average molecular weight is 231 g/mol. The van der Waals surface area contributed by atoms with E-state index < -0.39 is 0 Å². The Bertz CT molecular complexity index is 544. The fourth-order valence-corrected chi connectivity index (χ4v) is 1.88. The summed E-state index contributed by atoms with van der Waals surface area (Å²) in [6.45, 7) is 4.21. The van der Waals surface area contributed by atoms with Gasteiger partial charge in [0.2, 0.25) is 5.88 Å². The molecule has 17 heavy (non-hydrogen) atoms. The third-order valence-electron chi connectivity index (χ3n) is 2.95. The van der Waals surface area contributed by atoms with Gasteiger partial charge in [-0.05, 0) is 37.1 Å². The molecule has 2 N–H and O–H groups in total. The van der Waals surface area contributed by atoms with Gasteiger partial charge in [0, 0.05) is 31.4 Å². The van der Waals surface area contributed by atoms with Gasteiger partial charge in [-0.1, -0.05) is 5.16 Å². The molecule has 1 aromatic heterocycles. The Morgan fingerprint density at radius 2 is 1.88 bits per heavy atom. The zero-order chi connectivity index (χ0) is 12.6. The molecular weight excluding hydrogens is 214 g/mol. The van der Waals surface area contributed by atoms with E-state index in [1.807, 2.05) is 14.1 Å². The van der Waals surface area contributed by atoms with E-state index in [0.717, 1.165) is 11.3 Å². The summed E-state index contributed by atoms with van der Waals surface area (Å²) in [5.41, 5.74) is 11.0. The van der Waals surface area contributed by atoms with Crippen LogP contribution in [0.5, 0.6) is 0 Å². The first kappa shape index (κ1) is 11.5. The standard InChI is InChI=1S/C13H17N3O/c1-8-5-10(11-7-13(14)17-15-11)6-12(9(8)2)16(3)4/h5-7H,14H2,1-4H3. The van der Waals surface area contributed by atoms with Crippen LogP contribution in [0.25, 0.3) is 11.3 Å². The number of nitrogens with two attached hydrogens (primary N) is 1. The highest BCUT2D eigenvalue weighted by Crippen LogP contribution is 2.29. The number of aromatic nitrogens is 1. The molecule has 0 radical (unpaired) electrons. The topological polar surface area (TPSA) is 55.3 Å². The Kier molecular flexibility index (Phi) is 2.79. The van der Waals surface area contributed by atoms with E-state index in [-0.39, 0.29) is 0 Å². The largest absolute Gasteiger partial charge is 0.377 e. The van der Waals surface area contributed by atoms with Crippen LogP contribution in [0.3, 0.4) is 0 Å². The van der Waals surface area contributed by atoms with E-state index >= 15 is 0 Å². The minimum absolute atomic E-state index is 0.338. The lowest BCUT2D eigenvalue weighted by atomic mass is 10.0. The molecule has 0 aliphatic carbocycles. The van der Waals surface area contributed by atoms with Crippen LogP contribution in [0.1, 0.15) is 11.1 Å². The molecule has 1 heterocycles. The summed E-state index contributed by atoms with van der Waals surface area (Å²) in [5.74, 6) is 0.338. The molecule has 0 unspecified atom stereocenters. The van der Waals surface area contributed by atoms with Gasteiger partial charge in [-0.25, -0.2) is 0 Å². The van der Waals surface area contributed by atoms with E-state index in [9.17, 15) is 0 Å². The predicted octanol–water partition coefficient (Wildman–Crippen LogP) is 2.61. The summed E-state index contributed by atoms with van der Waals surface area (Å²) in [6.07, 6.45) is 0. The summed E-state index contributed by atoms with van der Waals surface area (Å²) in [5, 5.41) is 3.94. The number of nitrogen functional groups attached to an aromatic ring is 1. The van der Waals surface area contributed by atoms with Crippen molar-refractivity contribution in [2.75, 3.05) is 24.7 Å². The Labute approximate surface area is 101 Å². The van der Waals surface area contributed by atoms with Crippen molar-refractivity contribution in [3.05, 3.63) is 29.3 Å². The first-order valence-electron chi connectivity index (χ1n) is 5.50. The third kappa shape index (κ3) is 2.11. The molecular formula is C13H17N3O. The molecule has 0 atom stereocenters. The second-order valence-corrected chi connectivity index (χ2v) is 4.45. The van der Waals surface area contributed by atoms with Crippen molar-refractivity contribution in [3.63, 3.8) is 0 Å². The van der Waals surface area contributed by atoms with Crippen LogP contribution in [-0.2, 0) is 0 Å². The molecule has 0 aliphatic rings. The van der Waals surface area contributed by atoms with Crippen molar-refractivity contribution in [3.8, 4) is 11.3 Å². The molecule has 0 fully saturated rings. The fourth-order valence-electron chi connectivity index (χ4n) is 1.88. The molecule has 0 spiro atoms. The minimum atomic E-state index is 0.338. The molecule has 0 aliphatic heterocycles. The normalized spacial score (nSPS) is 10.6. The zero-order valence-corrected chi connectivity index (χ0v) is 10.6. The van der Waals surface area contributed by atoms with Gasteiger partial charge in [-0.3, -0.25) is 0 Å². The molecule has 0 amide bonds. The average Bonchev–Trinajstić information content (AvgIpc) is 2.68. The lowest BCUT2D eigenvalue weighted by Crippen LogP contribution is -2.11. The van der Waals surface area contributed by atoms with Crippen LogP contribution in [0, 0.1) is 13.8 Å². The lowest BCUT2D eigenvalue weighted by Gasteiger charge is -2.18. The SMILES string of the molecule is Cc1cc(-c2cc(N)on2)cc(N(C)C)c1C. The summed E-state index contributed by atoms with van der Waals surface area (Å²) >= 11 is 0. The first-order valence-corrected chi connectivity index (χ1v) is 5.50. The summed E-state index contributed by atoms with van der Waals surface area (Å²) in [7, 11) is 4.06. The molecule has 0 saturated heterocycles. The van der Waals surface area contributed by atoms with Crippen LogP contribution in [0.15, 0.2) is 22.7 Å².